The summed E-state index contributed by atoms with van der Waals surface area (Å²) in [7, 11) is 1.58. The van der Waals surface area contributed by atoms with Crippen LogP contribution in [-0.4, -0.2) is 41.7 Å². The molecule has 0 radical (unpaired) electrons. The van der Waals surface area contributed by atoms with Crippen LogP contribution in [0.1, 0.15) is 37.7 Å². The number of nitrogens with one attached hydrogen (secondary N) is 2. The summed E-state index contributed by atoms with van der Waals surface area (Å²) in [5, 5.41) is 12.1. The van der Waals surface area contributed by atoms with E-state index >= 15 is 0 Å². The van der Waals surface area contributed by atoms with E-state index in [2.05, 4.69) is 10.3 Å². The molecule has 0 saturated heterocycles. The fourth-order valence-corrected chi connectivity index (χ4v) is 2.81. The number of methoxy groups -OCH3 is 1. The van der Waals surface area contributed by atoms with Gasteiger partial charge in [0.2, 0.25) is 0 Å². The molecule has 1 aromatic carbocycles. The monoisotopic (exact) mass is 330 g/mol. The minimum absolute atomic E-state index is 0.0454. The van der Waals surface area contributed by atoms with Crippen LogP contribution in [0, 0.1) is 13.8 Å². The van der Waals surface area contributed by atoms with Gasteiger partial charge in [-0.05, 0) is 31.4 Å². The second kappa shape index (κ2) is 7.79. The summed E-state index contributed by atoms with van der Waals surface area (Å²) < 4.78 is 5.20. The van der Waals surface area contributed by atoms with Crippen LogP contribution in [0.2, 0.25) is 0 Å². The van der Waals surface area contributed by atoms with Gasteiger partial charge in [-0.1, -0.05) is 30.3 Å². The van der Waals surface area contributed by atoms with Gasteiger partial charge in [-0.3, -0.25) is 4.79 Å². The number of rotatable bonds is 7. The quantitative estimate of drug-likeness (QED) is 0.726. The molecule has 1 aromatic heterocycles. The van der Waals surface area contributed by atoms with Crippen molar-refractivity contribution >= 4 is 11.9 Å². The maximum absolute atomic E-state index is 12.6. The highest BCUT2D eigenvalue weighted by Crippen LogP contribution is 2.18. The predicted octanol–water partition coefficient (Wildman–Crippen LogP) is 2.32. The molecule has 0 unspecified atom stereocenters. The molecule has 0 bridgehead atoms. The van der Waals surface area contributed by atoms with E-state index in [1.165, 1.54) is 0 Å². The summed E-state index contributed by atoms with van der Waals surface area (Å²) in [5.41, 5.74) is 2.49. The van der Waals surface area contributed by atoms with Crippen molar-refractivity contribution in [2.24, 2.45) is 0 Å². The molecule has 24 heavy (non-hydrogen) atoms. The van der Waals surface area contributed by atoms with Crippen LogP contribution >= 0.6 is 0 Å². The van der Waals surface area contributed by atoms with Crippen molar-refractivity contribution in [1.29, 1.82) is 0 Å². The molecule has 6 nitrogen and oxygen atoms in total. The normalized spacial score (nSPS) is 12.0. The van der Waals surface area contributed by atoms with E-state index in [1.54, 1.807) is 21.0 Å². The first-order chi connectivity index (χ1) is 11.4. The van der Waals surface area contributed by atoms with Gasteiger partial charge in [-0.25, -0.2) is 4.79 Å². The molecule has 0 aliphatic rings. The van der Waals surface area contributed by atoms with Crippen LogP contribution < -0.4 is 5.32 Å². The van der Waals surface area contributed by atoms with Gasteiger partial charge in [0.15, 0.2) is 0 Å². The standard InChI is InChI=1S/C18H22N2O4/c1-11-15(12(2)19-16(11)18(22)23)17(21)20-14(10-24-3)9-13-7-5-4-6-8-13/h4-8,14,19H,9-10H2,1-3H3,(H,20,21)(H,22,23)/t14-/m0/s1. The largest absolute Gasteiger partial charge is 0.477 e. The van der Waals surface area contributed by atoms with Crippen molar-refractivity contribution in [3.8, 4) is 0 Å². The van der Waals surface area contributed by atoms with Gasteiger partial charge in [-0.2, -0.15) is 0 Å². The van der Waals surface area contributed by atoms with Gasteiger partial charge in [0.05, 0.1) is 18.2 Å². The molecule has 2 rings (SSSR count). The number of aromatic carboxylic acids is 1. The number of amides is 1. The van der Waals surface area contributed by atoms with E-state index in [9.17, 15) is 9.59 Å². The van der Waals surface area contributed by atoms with Crippen LogP contribution in [-0.2, 0) is 11.2 Å². The van der Waals surface area contributed by atoms with Crippen LogP contribution in [0.4, 0.5) is 0 Å². The van der Waals surface area contributed by atoms with Crippen molar-refractivity contribution in [3.05, 3.63) is 58.4 Å². The Morgan fingerprint density at radius 1 is 1.25 bits per heavy atom. The maximum atomic E-state index is 12.6. The molecule has 0 fully saturated rings. The fraction of sp³-hybridized carbons (Fsp3) is 0.333. The zero-order valence-corrected chi connectivity index (χ0v) is 14.1. The SMILES string of the molecule is COC[C@H](Cc1ccccc1)NC(=O)c1c(C)[nH]c(C(=O)O)c1C. The number of benzene rings is 1. The van der Waals surface area contributed by atoms with Crippen LogP contribution in [0.15, 0.2) is 30.3 Å². The molecule has 6 heteroatoms. The third-order valence-corrected chi connectivity index (χ3v) is 3.91. The lowest BCUT2D eigenvalue weighted by molar-refractivity contribution is 0.0690. The first kappa shape index (κ1) is 17.7. The topological polar surface area (TPSA) is 91.4 Å². The van der Waals surface area contributed by atoms with Crippen LogP contribution in [0.3, 0.4) is 0 Å². The summed E-state index contributed by atoms with van der Waals surface area (Å²) in [5.74, 6) is -1.38. The molecular weight excluding hydrogens is 308 g/mol. The zero-order chi connectivity index (χ0) is 17.7. The highest BCUT2D eigenvalue weighted by atomic mass is 16.5. The number of hydrogen-bond acceptors (Lipinski definition) is 3. The van der Waals surface area contributed by atoms with Gasteiger partial charge in [0.25, 0.3) is 5.91 Å². The number of carbonyl (C=O) groups is 2. The Kier molecular flexibility index (Phi) is 5.76. The van der Waals surface area contributed by atoms with Crippen LogP contribution in [0.5, 0.6) is 0 Å². The van der Waals surface area contributed by atoms with Gasteiger partial charge >= 0.3 is 5.97 Å². The second-order valence-electron chi connectivity index (χ2n) is 5.75. The number of ether oxygens (including phenoxy) is 1. The van der Waals surface area contributed by atoms with E-state index in [0.29, 0.717) is 29.8 Å². The number of aryl methyl sites for hydroxylation is 1. The molecule has 1 heterocycles. The van der Waals surface area contributed by atoms with Crippen molar-refractivity contribution in [2.45, 2.75) is 26.3 Å². The summed E-state index contributed by atoms with van der Waals surface area (Å²) in [6.45, 7) is 3.69. The second-order valence-corrected chi connectivity index (χ2v) is 5.75. The molecule has 0 spiro atoms. The molecule has 1 atom stereocenters. The number of aromatic amines is 1. The Bertz CT molecular complexity index is 722. The average Bonchev–Trinajstić information content (AvgIpc) is 2.83. The summed E-state index contributed by atoms with van der Waals surface area (Å²) in [6, 6.07) is 9.61. The minimum atomic E-state index is -1.08. The predicted molar refractivity (Wildman–Crippen MR) is 90.5 cm³/mol. The lowest BCUT2D eigenvalue weighted by atomic mass is 10.0. The number of carboxylic acid groups (broad SMARTS) is 1. The summed E-state index contributed by atoms with van der Waals surface area (Å²) in [6.07, 6.45) is 0.634. The van der Waals surface area contributed by atoms with Gasteiger partial charge in [-0.15, -0.1) is 0 Å². The van der Waals surface area contributed by atoms with Crippen molar-refractivity contribution in [1.82, 2.24) is 10.3 Å². The highest BCUT2D eigenvalue weighted by Gasteiger charge is 2.23. The first-order valence-electron chi connectivity index (χ1n) is 7.70. The van der Waals surface area contributed by atoms with Crippen molar-refractivity contribution in [2.75, 3.05) is 13.7 Å². The fourth-order valence-electron chi connectivity index (χ4n) is 2.81. The van der Waals surface area contributed by atoms with Gasteiger partial charge in [0.1, 0.15) is 5.69 Å². The Morgan fingerprint density at radius 2 is 1.92 bits per heavy atom. The summed E-state index contributed by atoms with van der Waals surface area (Å²) >= 11 is 0. The van der Waals surface area contributed by atoms with Crippen molar-refractivity contribution < 1.29 is 19.4 Å². The smallest absolute Gasteiger partial charge is 0.352 e. The van der Waals surface area contributed by atoms with Crippen LogP contribution in [0.25, 0.3) is 0 Å². The van der Waals surface area contributed by atoms with E-state index in [4.69, 9.17) is 9.84 Å². The molecule has 0 aliphatic heterocycles. The third kappa shape index (κ3) is 4.02. The van der Waals surface area contributed by atoms with E-state index in [0.717, 1.165) is 5.56 Å². The maximum Gasteiger partial charge on any atom is 0.352 e. The molecule has 0 saturated carbocycles. The molecule has 3 N–H and O–H groups in total. The van der Waals surface area contributed by atoms with E-state index < -0.39 is 5.97 Å². The molecular formula is C18H22N2O4. The van der Waals surface area contributed by atoms with E-state index in [-0.39, 0.29) is 17.6 Å². The molecule has 2 aromatic rings. The Labute approximate surface area is 140 Å². The molecule has 128 valence electrons. The highest BCUT2D eigenvalue weighted by molar-refractivity contribution is 6.00. The lowest BCUT2D eigenvalue weighted by Gasteiger charge is -2.18. The lowest BCUT2D eigenvalue weighted by Crippen LogP contribution is -2.40. The molecule has 1 amide bonds. The summed E-state index contributed by atoms with van der Waals surface area (Å²) in [4.78, 5) is 26.6. The Hall–Kier alpha value is -2.60. The van der Waals surface area contributed by atoms with Crippen molar-refractivity contribution in [3.63, 3.8) is 0 Å². The minimum Gasteiger partial charge on any atom is -0.477 e. The third-order valence-electron chi connectivity index (χ3n) is 3.91. The van der Waals surface area contributed by atoms with E-state index in [1.807, 2.05) is 30.3 Å². The van der Waals surface area contributed by atoms with Gasteiger partial charge < -0.3 is 20.1 Å². The first-order valence-corrected chi connectivity index (χ1v) is 7.70. The Balaban J connectivity index is 2.18. The number of carbonyl (C=O) groups excluding carboxylic acids is 1. The van der Waals surface area contributed by atoms with Gasteiger partial charge in [0, 0.05) is 12.8 Å². The number of hydrogen-bond donors (Lipinski definition) is 3. The number of aromatic nitrogens is 1. The zero-order valence-electron chi connectivity index (χ0n) is 14.1. The number of carboxylic acids is 1. The average molecular weight is 330 g/mol. The number of H-pyrrole nitrogens is 1. The molecule has 0 aliphatic carbocycles. The Morgan fingerprint density at radius 3 is 2.46 bits per heavy atom.